The molecule has 4 aromatic rings. The van der Waals surface area contributed by atoms with E-state index in [2.05, 4.69) is 34.5 Å². The lowest BCUT2D eigenvalue weighted by atomic mass is 10.00. The van der Waals surface area contributed by atoms with Crippen LogP contribution in [0.5, 0.6) is 0 Å². The number of aryl methyl sites for hydroxylation is 3. The number of hydrogen-bond donors (Lipinski definition) is 0. The van der Waals surface area contributed by atoms with Gasteiger partial charge in [0.1, 0.15) is 18.2 Å². The fourth-order valence-electron chi connectivity index (χ4n) is 3.30. The molecule has 0 aliphatic rings. The Morgan fingerprint density at radius 1 is 1.00 bits per heavy atom. The smallest absolute Gasteiger partial charge is 0.216 e. The van der Waals surface area contributed by atoms with E-state index in [0.29, 0.717) is 5.69 Å². The van der Waals surface area contributed by atoms with Crippen LogP contribution in [-0.4, -0.2) is 0 Å². The van der Waals surface area contributed by atoms with Gasteiger partial charge in [-0.1, -0.05) is 12.1 Å². The molecule has 0 saturated carbocycles. The van der Waals surface area contributed by atoms with Crippen molar-refractivity contribution in [3.8, 4) is 11.3 Å². The van der Waals surface area contributed by atoms with Crippen molar-refractivity contribution < 1.29 is 8.98 Å². The van der Waals surface area contributed by atoms with Crippen LogP contribution < -0.4 is 4.57 Å². The predicted octanol–water partition coefficient (Wildman–Crippen LogP) is 5.25. The summed E-state index contributed by atoms with van der Waals surface area (Å²) in [6.45, 7) is 11.4. The van der Waals surface area contributed by atoms with E-state index < -0.39 is 0 Å². The zero-order valence-corrected chi connectivity index (χ0v) is 13.9. The number of aromatic nitrogens is 1. The Kier molecular flexibility index (Phi) is 3.14. The molecule has 2 aromatic carbocycles. The number of rotatable bonds is 1. The lowest BCUT2D eigenvalue weighted by Crippen LogP contribution is -2.30. The van der Waals surface area contributed by atoms with Gasteiger partial charge >= 0.3 is 0 Å². The Morgan fingerprint density at radius 3 is 2.58 bits per heavy atom. The molecule has 0 amide bonds. The highest BCUT2D eigenvalue weighted by atomic mass is 16.3. The molecule has 0 saturated heterocycles. The molecule has 0 bridgehead atoms. The molecule has 24 heavy (non-hydrogen) atoms. The maximum absolute atomic E-state index is 7.35. The van der Waals surface area contributed by atoms with Crippen LogP contribution in [0.3, 0.4) is 0 Å². The van der Waals surface area contributed by atoms with E-state index in [1.807, 2.05) is 44.4 Å². The summed E-state index contributed by atoms with van der Waals surface area (Å²) >= 11 is 0. The van der Waals surface area contributed by atoms with Crippen molar-refractivity contribution >= 4 is 27.6 Å². The van der Waals surface area contributed by atoms with E-state index >= 15 is 0 Å². The van der Waals surface area contributed by atoms with Gasteiger partial charge in [-0.15, -0.1) is 0 Å². The lowest BCUT2D eigenvalue weighted by Gasteiger charge is -2.04. The number of nitrogens with zero attached hydrogens (tertiary/aromatic N) is 2. The molecule has 4 rings (SSSR count). The van der Waals surface area contributed by atoms with Crippen LogP contribution in [0.1, 0.15) is 11.1 Å². The summed E-state index contributed by atoms with van der Waals surface area (Å²) in [5.74, 6) is 0. The second kappa shape index (κ2) is 5.21. The van der Waals surface area contributed by atoms with E-state index in [-0.39, 0.29) is 0 Å². The van der Waals surface area contributed by atoms with Crippen molar-refractivity contribution in [2.45, 2.75) is 13.8 Å². The Labute approximate surface area is 140 Å². The average Bonchev–Trinajstić information content (AvgIpc) is 2.92. The standard InChI is InChI=1S/C21H17N2O/c1-13-8-9-15-16-12-17(22-3)14(2)11-19(16)24-21(15)20(13)18-7-5-6-10-23(18)4/h5-12H,1-2,4H3/q+1. The van der Waals surface area contributed by atoms with Gasteiger partial charge in [0.05, 0.1) is 12.1 Å². The molecule has 2 heterocycles. The first kappa shape index (κ1) is 14.5. The maximum atomic E-state index is 7.35. The topological polar surface area (TPSA) is 21.4 Å². The van der Waals surface area contributed by atoms with Gasteiger partial charge in [0, 0.05) is 22.9 Å². The highest BCUT2D eigenvalue weighted by Crippen LogP contribution is 2.39. The van der Waals surface area contributed by atoms with Crippen molar-refractivity contribution in [2.75, 3.05) is 0 Å². The first-order valence-electron chi connectivity index (χ1n) is 7.89. The predicted molar refractivity (Wildman–Crippen MR) is 96.1 cm³/mol. The van der Waals surface area contributed by atoms with Crippen molar-refractivity contribution in [2.24, 2.45) is 7.05 Å². The van der Waals surface area contributed by atoms with Crippen LogP contribution in [0, 0.1) is 20.4 Å². The van der Waals surface area contributed by atoms with Crippen molar-refractivity contribution in [3.63, 3.8) is 0 Å². The number of fused-ring (bicyclic) bond motifs is 3. The zero-order valence-electron chi connectivity index (χ0n) is 13.9. The van der Waals surface area contributed by atoms with Crippen molar-refractivity contribution in [1.82, 2.24) is 0 Å². The van der Waals surface area contributed by atoms with Gasteiger partial charge in [0.25, 0.3) is 0 Å². The average molecular weight is 313 g/mol. The quantitative estimate of drug-likeness (QED) is 0.347. The van der Waals surface area contributed by atoms with Gasteiger partial charge in [-0.2, -0.15) is 0 Å². The Balaban J connectivity index is 2.16. The van der Waals surface area contributed by atoms with Crippen molar-refractivity contribution in [3.05, 3.63) is 71.2 Å². The summed E-state index contributed by atoms with van der Waals surface area (Å²) in [5, 5.41) is 2.06. The number of hydrogen-bond acceptors (Lipinski definition) is 1. The van der Waals surface area contributed by atoms with E-state index in [1.165, 1.54) is 5.56 Å². The minimum absolute atomic E-state index is 0.678. The summed E-state index contributed by atoms with van der Waals surface area (Å²) in [6, 6.07) is 14.3. The normalized spacial score (nSPS) is 11.1. The molecule has 0 radical (unpaired) electrons. The molecule has 0 fully saturated rings. The lowest BCUT2D eigenvalue weighted by molar-refractivity contribution is -0.660. The van der Waals surface area contributed by atoms with E-state index in [1.54, 1.807) is 0 Å². The first-order chi connectivity index (χ1) is 11.6. The SMILES string of the molecule is [C-]#[N+]c1cc2c(cc1C)oc1c(-c3cccc[n+]3C)c(C)ccc12. The van der Waals surface area contributed by atoms with Crippen LogP contribution in [0.15, 0.2) is 53.1 Å². The second-order valence-corrected chi connectivity index (χ2v) is 6.18. The minimum Gasteiger partial charge on any atom is -0.455 e. The van der Waals surface area contributed by atoms with E-state index in [9.17, 15) is 0 Å². The van der Waals surface area contributed by atoms with Crippen LogP contribution in [0.4, 0.5) is 5.69 Å². The van der Waals surface area contributed by atoms with Crippen LogP contribution in [-0.2, 0) is 7.05 Å². The van der Waals surface area contributed by atoms with Gasteiger partial charge in [0.15, 0.2) is 11.9 Å². The third kappa shape index (κ3) is 2.00. The monoisotopic (exact) mass is 313 g/mol. The van der Waals surface area contributed by atoms with Gasteiger partial charge in [-0.25, -0.2) is 9.41 Å². The molecule has 0 aliphatic carbocycles. The summed E-state index contributed by atoms with van der Waals surface area (Å²) in [7, 11) is 2.04. The van der Waals surface area contributed by atoms with E-state index in [0.717, 1.165) is 38.8 Å². The fraction of sp³-hybridized carbons (Fsp3) is 0.143. The van der Waals surface area contributed by atoms with E-state index in [4.69, 9.17) is 11.0 Å². The summed E-state index contributed by atoms with van der Waals surface area (Å²) in [5.41, 5.74) is 6.73. The second-order valence-electron chi connectivity index (χ2n) is 6.18. The summed E-state index contributed by atoms with van der Waals surface area (Å²) in [4.78, 5) is 3.62. The fourth-order valence-corrected chi connectivity index (χ4v) is 3.30. The number of pyridine rings is 1. The minimum atomic E-state index is 0.678. The maximum Gasteiger partial charge on any atom is 0.216 e. The summed E-state index contributed by atoms with van der Waals surface area (Å²) < 4.78 is 8.34. The molecular weight excluding hydrogens is 296 g/mol. The third-order valence-corrected chi connectivity index (χ3v) is 4.60. The Bertz CT molecular complexity index is 1150. The Morgan fingerprint density at radius 2 is 1.83 bits per heavy atom. The molecule has 0 atom stereocenters. The molecule has 0 aliphatic heterocycles. The molecule has 3 heteroatoms. The third-order valence-electron chi connectivity index (χ3n) is 4.60. The number of furan rings is 1. The Hall–Kier alpha value is -3.12. The van der Waals surface area contributed by atoms with Crippen molar-refractivity contribution in [1.29, 1.82) is 0 Å². The van der Waals surface area contributed by atoms with Crippen LogP contribution in [0.2, 0.25) is 0 Å². The highest BCUT2D eigenvalue weighted by Gasteiger charge is 2.20. The van der Waals surface area contributed by atoms with Crippen LogP contribution >= 0.6 is 0 Å². The van der Waals surface area contributed by atoms with Crippen LogP contribution in [0.25, 0.3) is 38.0 Å². The molecular formula is C21H17N2O+. The molecule has 3 nitrogen and oxygen atoms in total. The number of benzene rings is 2. The van der Waals surface area contributed by atoms with Gasteiger partial charge in [-0.05, 0) is 43.2 Å². The molecule has 0 spiro atoms. The highest BCUT2D eigenvalue weighted by molar-refractivity contribution is 6.10. The largest absolute Gasteiger partial charge is 0.455 e. The molecule has 116 valence electrons. The zero-order chi connectivity index (χ0) is 16.8. The molecule has 2 aromatic heterocycles. The van der Waals surface area contributed by atoms with Gasteiger partial charge < -0.3 is 4.42 Å². The van der Waals surface area contributed by atoms with Gasteiger partial charge in [0.2, 0.25) is 5.69 Å². The molecule has 0 N–H and O–H groups in total. The first-order valence-corrected chi connectivity index (χ1v) is 7.89. The summed E-state index contributed by atoms with van der Waals surface area (Å²) in [6.07, 6.45) is 2.04. The molecule has 0 unspecified atom stereocenters. The van der Waals surface area contributed by atoms with Gasteiger partial charge in [-0.3, -0.25) is 0 Å².